The highest BCUT2D eigenvalue weighted by Crippen LogP contribution is 2.18. The molecule has 0 aromatic heterocycles. The fourth-order valence-corrected chi connectivity index (χ4v) is 1.20. The number of aliphatic hydroxyl groups excluding tert-OH is 2. The number of phenols is 1. The molecule has 1 atom stereocenters. The van der Waals surface area contributed by atoms with Crippen LogP contribution in [0.2, 0.25) is 0 Å². The molecule has 0 saturated heterocycles. The molecule has 4 nitrogen and oxygen atoms in total. The third kappa shape index (κ3) is 4.18. The Morgan fingerprint density at radius 2 is 2.07 bits per heavy atom. The van der Waals surface area contributed by atoms with E-state index in [1.807, 2.05) is 0 Å². The molecule has 1 aromatic carbocycles. The van der Waals surface area contributed by atoms with Crippen LogP contribution in [0.1, 0.15) is 6.42 Å². The summed E-state index contributed by atoms with van der Waals surface area (Å²) in [6, 6.07) is 6.48. The summed E-state index contributed by atoms with van der Waals surface area (Å²) in [5.74, 6) is 0.638. The van der Waals surface area contributed by atoms with Gasteiger partial charge in [0.25, 0.3) is 0 Å². The van der Waals surface area contributed by atoms with Gasteiger partial charge in [-0.3, -0.25) is 0 Å². The Kier molecular flexibility index (Phi) is 4.93. The van der Waals surface area contributed by atoms with Crippen LogP contribution in [0.5, 0.6) is 11.5 Å². The van der Waals surface area contributed by atoms with E-state index in [0.717, 1.165) is 0 Å². The lowest BCUT2D eigenvalue weighted by Gasteiger charge is -2.13. The molecule has 3 N–H and O–H groups in total. The summed E-state index contributed by atoms with van der Waals surface area (Å²) in [4.78, 5) is 0. The molecule has 1 aromatic rings. The van der Waals surface area contributed by atoms with Crippen molar-refractivity contribution in [1.29, 1.82) is 0 Å². The van der Waals surface area contributed by atoms with Gasteiger partial charge in [0.1, 0.15) is 11.5 Å². The van der Waals surface area contributed by atoms with Crippen LogP contribution in [-0.4, -0.2) is 35.1 Å². The van der Waals surface area contributed by atoms with Crippen LogP contribution >= 0.6 is 0 Å². The third-order valence-electron chi connectivity index (χ3n) is 2.10. The van der Waals surface area contributed by atoms with Crippen molar-refractivity contribution in [2.45, 2.75) is 6.42 Å². The molecule has 0 bridgehead atoms. The summed E-state index contributed by atoms with van der Waals surface area (Å²) in [6.45, 7) is 0.356. The Hall–Kier alpha value is -1.26. The van der Waals surface area contributed by atoms with Crippen LogP contribution in [0, 0.1) is 5.92 Å². The highest BCUT2D eigenvalue weighted by molar-refractivity contribution is 5.31. The molecule has 15 heavy (non-hydrogen) atoms. The molecule has 0 amide bonds. The van der Waals surface area contributed by atoms with E-state index < -0.39 is 0 Å². The number of benzene rings is 1. The average Bonchev–Trinajstić information content (AvgIpc) is 2.24. The van der Waals surface area contributed by atoms with Crippen molar-refractivity contribution in [1.82, 2.24) is 0 Å². The second-order valence-corrected chi connectivity index (χ2v) is 3.37. The van der Waals surface area contributed by atoms with Crippen molar-refractivity contribution in [2.24, 2.45) is 5.92 Å². The largest absolute Gasteiger partial charge is 0.508 e. The molecule has 0 aliphatic rings. The maximum atomic E-state index is 9.17. The van der Waals surface area contributed by atoms with E-state index in [2.05, 4.69) is 0 Å². The lowest BCUT2D eigenvalue weighted by atomic mass is 10.1. The Balaban J connectivity index is 2.41. The standard InChI is InChI=1S/C11H16O4/c12-5-4-9(7-13)8-15-11-3-1-2-10(14)6-11/h1-3,6,9,12-14H,4-5,7-8H2. The molecule has 0 fully saturated rings. The molecule has 84 valence electrons. The van der Waals surface area contributed by atoms with Crippen LogP contribution in [0.15, 0.2) is 24.3 Å². The first-order chi connectivity index (χ1) is 7.26. The van der Waals surface area contributed by atoms with Gasteiger partial charge >= 0.3 is 0 Å². The predicted molar refractivity (Wildman–Crippen MR) is 55.9 cm³/mol. The van der Waals surface area contributed by atoms with Gasteiger partial charge in [-0.25, -0.2) is 0 Å². The molecule has 0 aliphatic carbocycles. The number of aliphatic hydroxyl groups is 2. The van der Waals surface area contributed by atoms with Crippen LogP contribution in [0.4, 0.5) is 0 Å². The Labute approximate surface area is 88.8 Å². The number of hydrogen-bond acceptors (Lipinski definition) is 4. The maximum absolute atomic E-state index is 9.17. The summed E-state index contributed by atoms with van der Waals surface area (Å²) >= 11 is 0. The van der Waals surface area contributed by atoms with E-state index in [-0.39, 0.29) is 24.9 Å². The SMILES string of the molecule is OCCC(CO)COc1cccc(O)c1. The predicted octanol–water partition coefficient (Wildman–Crippen LogP) is 0.762. The Bertz CT molecular complexity index is 288. The van der Waals surface area contributed by atoms with Crippen molar-refractivity contribution >= 4 is 0 Å². The monoisotopic (exact) mass is 212 g/mol. The summed E-state index contributed by atoms with van der Waals surface area (Å²) < 4.78 is 5.36. The van der Waals surface area contributed by atoms with Crippen LogP contribution < -0.4 is 4.74 Å². The van der Waals surface area contributed by atoms with Gasteiger partial charge in [0.05, 0.1) is 6.61 Å². The summed E-state index contributed by atoms with van der Waals surface area (Å²) in [5.41, 5.74) is 0. The first-order valence-electron chi connectivity index (χ1n) is 4.89. The molecule has 0 radical (unpaired) electrons. The van der Waals surface area contributed by atoms with Gasteiger partial charge in [0, 0.05) is 25.2 Å². The fourth-order valence-electron chi connectivity index (χ4n) is 1.20. The van der Waals surface area contributed by atoms with Crippen LogP contribution in [0.3, 0.4) is 0 Å². The first-order valence-corrected chi connectivity index (χ1v) is 4.89. The minimum Gasteiger partial charge on any atom is -0.508 e. The fraction of sp³-hybridized carbons (Fsp3) is 0.455. The normalized spacial score (nSPS) is 12.4. The van der Waals surface area contributed by atoms with E-state index in [0.29, 0.717) is 18.8 Å². The van der Waals surface area contributed by atoms with Crippen molar-refractivity contribution in [3.05, 3.63) is 24.3 Å². The summed E-state index contributed by atoms with van der Waals surface area (Å²) in [6.07, 6.45) is 0.509. The molecular weight excluding hydrogens is 196 g/mol. The van der Waals surface area contributed by atoms with Crippen molar-refractivity contribution < 1.29 is 20.1 Å². The van der Waals surface area contributed by atoms with Crippen LogP contribution in [0.25, 0.3) is 0 Å². The third-order valence-corrected chi connectivity index (χ3v) is 2.10. The molecule has 0 saturated carbocycles. The van der Waals surface area contributed by atoms with E-state index in [4.69, 9.17) is 20.1 Å². The topological polar surface area (TPSA) is 69.9 Å². The zero-order chi connectivity index (χ0) is 11.1. The van der Waals surface area contributed by atoms with E-state index in [9.17, 15) is 0 Å². The Morgan fingerprint density at radius 3 is 2.67 bits per heavy atom. The highest BCUT2D eigenvalue weighted by atomic mass is 16.5. The second kappa shape index (κ2) is 6.27. The van der Waals surface area contributed by atoms with Gasteiger partial charge in [0.2, 0.25) is 0 Å². The summed E-state index contributed by atoms with van der Waals surface area (Å²) in [7, 11) is 0. The van der Waals surface area contributed by atoms with E-state index in [1.54, 1.807) is 18.2 Å². The zero-order valence-electron chi connectivity index (χ0n) is 8.47. The lowest BCUT2D eigenvalue weighted by Crippen LogP contribution is -2.17. The van der Waals surface area contributed by atoms with Gasteiger partial charge in [0.15, 0.2) is 0 Å². The molecule has 0 aliphatic heterocycles. The molecule has 0 spiro atoms. The van der Waals surface area contributed by atoms with E-state index >= 15 is 0 Å². The summed E-state index contributed by atoms with van der Waals surface area (Å²) in [5, 5.41) is 26.8. The molecule has 1 unspecified atom stereocenters. The number of phenolic OH excluding ortho intramolecular Hbond substituents is 1. The van der Waals surface area contributed by atoms with Crippen molar-refractivity contribution in [3.63, 3.8) is 0 Å². The quantitative estimate of drug-likeness (QED) is 0.651. The zero-order valence-corrected chi connectivity index (χ0v) is 8.47. The van der Waals surface area contributed by atoms with E-state index in [1.165, 1.54) is 6.07 Å². The lowest BCUT2D eigenvalue weighted by molar-refractivity contribution is 0.134. The highest BCUT2D eigenvalue weighted by Gasteiger charge is 2.07. The van der Waals surface area contributed by atoms with Crippen LogP contribution in [-0.2, 0) is 0 Å². The number of ether oxygens (including phenoxy) is 1. The van der Waals surface area contributed by atoms with Gasteiger partial charge in [-0.05, 0) is 18.6 Å². The first kappa shape index (κ1) is 11.8. The number of hydrogen-bond donors (Lipinski definition) is 3. The van der Waals surface area contributed by atoms with Gasteiger partial charge < -0.3 is 20.1 Å². The Morgan fingerprint density at radius 1 is 1.27 bits per heavy atom. The molecule has 1 rings (SSSR count). The van der Waals surface area contributed by atoms with Crippen molar-refractivity contribution in [3.8, 4) is 11.5 Å². The minimum atomic E-state index is -0.0719. The smallest absolute Gasteiger partial charge is 0.122 e. The van der Waals surface area contributed by atoms with Crippen molar-refractivity contribution in [2.75, 3.05) is 19.8 Å². The van der Waals surface area contributed by atoms with Gasteiger partial charge in [-0.2, -0.15) is 0 Å². The molecule has 0 heterocycles. The maximum Gasteiger partial charge on any atom is 0.122 e. The number of aromatic hydroxyl groups is 1. The molecule has 4 heteroatoms. The second-order valence-electron chi connectivity index (χ2n) is 3.37. The number of rotatable bonds is 6. The molecular formula is C11H16O4. The van der Waals surface area contributed by atoms with Gasteiger partial charge in [-0.1, -0.05) is 6.07 Å². The van der Waals surface area contributed by atoms with Gasteiger partial charge in [-0.15, -0.1) is 0 Å². The minimum absolute atomic E-state index is 0.0145. The average molecular weight is 212 g/mol.